The summed E-state index contributed by atoms with van der Waals surface area (Å²) in [7, 11) is 0. The minimum atomic E-state index is -0.669. The molecule has 0 saturated heterocycles. The Hall–Kier alpha value is -2.50. The van der Waals surface area contributed by atoms with Gasteiger partial charge in [0, 0.05) is 6.08 Å². The number of primary amides is 1. The van der Waals surface area contributed by atoms with Crippen LogP contribution in [0.5, 0.6) is 11.5 Å². The van der Waals surface area contributed by atoms with Crippen LogP contribution in [0.4, 0.5) is 0 Å². The van der Waals surface area contributed by atoms with Crippen molar-refractivity contribution in [3.8, 4) is 11.5 Å². The van der Waals surface area contributed by atoms with Gasteiger partial charge in [-0.05, 0) is 29.7 Å². The second-order valence-corrected chi connectivity index (χ2v) is 5.51. The second kappa shape index (κ2) is 7.67. The standard InChI is InChI=1S/C17H22N2O4/c1-3-11(2)16(17(18)21)19-15(20)7-5-12-4-6-13-14(10-12)23-9-8-22-13/h4-7,10-11,16H,3,8-9H2,1-2H3,(H2,18,21)(H,19,20). The molecule has 6 nitrogen and oxygen atoms in total. The number of hydrogen-bond donors (Lipinski definition) is 2. The Labute approximate surface area is 135 Å². The molecule has 2 rings (SSSR count). The topological polar surface area (TPSA) is 90.7 Å². The molecule has 1 aliphatic rings. The molecule has 1 aromatic rings. The Balaban J connectivity index is 2.01. The van der Waals surface area contributed by atoms with Gasteiger partial charge in [-0.3, -0.25) is 9.59 Å². The lowest BCUT2D eigenvalue weighted by Gasteiger charge is -2.20. The molecule has 6 heteroatoms. The van der Waals surface area contributed by atoms with Crippen molar-refractivity contribution in [2.75, 3.05) is 13.2 Å². The maximum atomic E-state index is 12.0. The first-order chi connectivity index (χ1) is 11.0. The number of fused-ring (bicyclic) bond motifs is 1. The minimum Gasteiger partial charge on any atom is -0.486 e. The lowest BCUT2D eigenvalue weighted by Crippen LogP contribution is -2.47. The molecule has 0 bridgehead atoms. The van der Waals surface area contributed by atoms with Gasteiger partial charge in [0.25, 0.3) is 0 Å². The molecule has 0 aliphatic carbocycles. The number of nitrogens with one attached hydrogen (secondary N) is 1. The summed E-state index contributed by atoms with van der Waals surface area (Å²) in [4.78, 5) is 23.4. The van der Waals surface area contributed by atoms with Crippen LogP contribution in [0.3, 0.4) is 0 Å². The zero-order valence-electron chi connectivity index (χ0n) is 13.4. The van der Waals surface area contributed by atoms with Crippen LogP contribution in [-0.2, 0) is 9.59 Å². The van der Waals surface area contributed by atoms with Crippen LogP contribution in [0.25, 0.3) is 6.08 Å². The summed E-state index contributed by atoms with van der Waals surface area (Å²) >= 11 is 0. The van der Waals surface area contributed by atoms with E-state index in [9.17, 15) is 9.59 Å². The molecule has 23 heavy (non-hydrogen) atoms. The van der Waals surface area contributed by atoms with Gasteiger partial charge in [0.2, 0.25) is 11.8 Å². The predicted octanol–water partition coefficient (Wildman–Crippen LogP) is 1.49. The molecule has 2 atom stereocenters. The number of ether oxygens (including phenoxy) is 2. The number of nitrogens with two attached hydrogens (primary N) is 1. The minimum absolute atomic E-state index is 0.0147. The van der Waals surface area contributed by atoms with Gasteiger partial charge in [-0.15, -0.1) is 0 Å². The van der Waals surface area contributed by atoms with E-state index in [0.717, 1.165) is 12.0 Å². The van der Waals surface area contributed by atoms with Gasteiger partial charge in [0.15, 0.2) is 11.5 Å². The fraction of sp³-hybridized carbons (Fsp3) is 0.412. The molecule has 2 amide bonds. The molecule has 1 aromatic carbocycles. The van der Waals surface area contributed by atoms with Crippen LogP contribution in [0.15, 0.2) is 24.3 Å². The van der Waals surface area contributed by atoms with E-state index < -0.39 is 11.9 Å². The zero-order valence-corrected chi connectivity index (χ0v) is 13.4. The van der Waals surface area contributed by atoms with Crippen LogP contribution >= 0.6 is 0 Å². The van der Waals surface area contributed by atoms with Crippen LogP contribution in [0.2, 0.25) is 0 Å². The Bertz CT molecular complexity index is 613. The Morgan fingerprint density at radius 2 is 2.00 bits per heavy atom. The van der Waals surface area contributed by atoms with E-state index in [1.54, 1.807) is 18.2 Å². The summed E-state index contributed by atoms with van der Waals surface area (Å²) in [6.45, 7) is 4.86. The molecule has 0 spiro atoms. The van der Waals surface area contributed by atoms with Gasteiger partial charge in [0.1, 0.15) is 19.3 Å². The molecular formula is C17H22N2O4. The van der Waals surface area contributed by atoms with Crippen LogP contribution in [0.1, 0.15) is 25.8 Å². The third-order valence-electron chi connectivity index (χ3n) is 3.81. The highest BCUT2D eigenvalue weighted by Gasteiger charge is 2.22. The Morgan fingerprint density at radius 3 is 2.65 bits per heavy atom. The van der Waals surface area contributed by atoms with E-state index in [1.165, 1.54) is 6.08 Å². The van der Waals surface area contributed by atoms with Crippen LogP contribution in [-0.4, -0.2) is 31.1 Å². The van der Waals surface area contributed by atoms with Gasteiger partial charge in [-0.25, -0.2) is 0 Å². The first-order valence-electron chi connectivity index (χ1n) is 7.68. The van der Waals surface area contributed by atoms with E-state index in [-0.39, 0.29) is 11.8 Å². The van der Waals surface area contributed by atoms with Crippen molar-refractivity contribution in [2.24, 2.45) is 11.7 Å². The number of carbonyl (C=O) groups excluding carboxylic acids is 2. The lowest BCUT2D eigenvalue weighted by molar-refractivity contribution is -0.126. The van der Waals surface area contributed by atoms with Gasteiger partial charge in [-0.1, -0.05) is 26.3 Å². The Morgan fingerprint density at radius 1 is 1.30 bits per heavy atom. The fourth-order valence-electron chi connectivity index (χ4n) is 2.27. The van der Waals surface area contributed by atoms with Crippen LogP contribution < -0.4 is 20.5 Å². The predicted molar refractivity (Wildman–Crippen MR) is 87.0 cm³/mol. The summed E-state index contributed by atoms with van der Waals surface area (Å²) < 4.78 is 10.9. The summed E-state index contributed by atoms with van der Waals surface area (Å²) in [6.07, 6.45) is 3.78. The zero-order chi connectivity index (χ0) is 16.8. The number of rotatable bonds is 6. The van der Waals surface area contributed by atoms with Crippen LogP contribution in [0, 0.1) is 5.92 Å². The molecule has 0 aromatic heterocycles. The molecule has 1 heterocycles. The summed E-state index contributed by atoms with van der Waals surface area (Å²) in [6, 6.07) is 4.77. The third-order valence-corrected chi connectivity index (χ3v) is 3.81. The molecule has 1 aliphatic heterocycles. The fourth-order valence-corrected chi connectivity index (χ4v) is 2.27. The maximum Gasteiger partial charge on any atom is 0.244 e. The van der Waals surface area contributed by atoms with Crippen molar-refractivity contribution in [1.82, 2.24) is 5.32 Å². The SMILES string of the molecule is CCC(C)C(NC(=O)C=Cc1ccc2c(c1)OCCO2)C(N)=O. The van der Waals surface area contributed by atoms with E-state index >= 15 is 0 Å². The maximum absolute atomic E-state index is 12.0. The van der Waals surface area contributed by atoms with Crippen molar-refractivity contribution in [3.63, 3.8) is 0 Å². The van der Waals surface area contributed by atoms with Gasteiger partial charge in [-0.2, -0.15) is 0 Å². The Kier molecular flexibility index (Phi) is 5.62. The molecule has 2 unspecified atom stereocenters. The van der Waals surface area contributed by atoms with E-state index in [4.69, 9.17) is 15.2 Å². The molecule has 3 N–H and O–H groups in total. The number of hydrogen-bond acceptors (Lipinski definition) is 4. The first kappa shape index (κ1) is 16.9. The average molecular weight is 318 g/mol. The largest absolute Gasteiger partial charge is 0.486 e. The number of amides is 2. The highest BCUT2D eigenvalue weighted by molar-refractivity contribution is 5.95. The van der Waals surface area contributed by atoms with Crippen molar-refractivity contribution in [2.45, 2.75) is 26.3 Å². The van der Waals surface area contributed by atoms with E-state index in [0.29, 0.717) is 24.7 Å². The lowest BCUT2D eigenvalue weighted by atomic mass is 9.98. The summed E-state index contributed by atoms with van der Waals surface area (Å²) in [5.41, 5.74) is 6.15. The molecular weight excluding hydrogens is 296 g/mol. The van der Waals surface area contributed by atoms with Gasteiger partial charge < -0.3 is 20.5 Å². The summed E-state index contributed by atoms with van der Waals surface area (Å²) in [5, 5.41) is 2.64. The summed E-state index contributed by atoms with van der Waals surface area (Å²) in [5.74, 6) is 0.459. The molecule has 0 saturated carbocycles. The molecule has 124 valence electrons. The highest BCUT2D eigenvalue weighted by atomic mass is 16.6. The number of carbonyl (C=O) groups is 2. The molecule has 0 radical (unpaired) electrons. The monoisotopic (exact) mass is 318 g/mol. The first-order valence-corrected chi connectivity index (χ1v) is 7.68. The molecule has 0 fully saturated rings. The van der Waals surface area contributed by atoms with Gasteiger partial charge >= 0.3 is 0 Å². The van der Waals surface area contributed by atoms with Gasteiger partial charge in [0.05, 0.1) is 0 Å². The smallest absolute Gasteiger partial charge is 0.244 e. The van der Waals surface area contributed by atoms with Crippen molar-refractivity contribution in [1.29, 1.82) is 0 Å². The van der Waals surface area contributed by atoms with E-state index in [2.05, 4.69) is 5.32 Å². The third kappa shape index (κ3) is 4.48. The van der Waals surface area contributed by atoms with Crippen molar-refractivity contribution < 1.29 is 19.1 Å². The van der Waals surface area contributed by atoms with Crippen molar-refractivity contribution in [3.05, 3.63) is 29.8 Å². The second-order valence-electron chi connectivity index (χ2n) is 5.51. The quantitative estimate of drug-likeness (QED) is 0.777. The number of benzene rings is 1. The average Bonchev–Trinajstić information content (AvgIpc) is 2.56. The van der Waals surface area contributed by atoms with E-state index in [1.807, 2.05) is 19.9 Å². The highest BCUT2D eigenvalue weighted by Crippen LogP contribution is 2.31. The normalized spacial score (nSPS) is 15.9. The van der Waals surface area contributed by atoms with Crippen molar-refractivity contribution >= 4 is 17.9 Å².